The number of aliphatic hydroxyl groups excluding tert-OH is 1. The fourth-order valence-electron chi connectivity index (χ4n) is 4.49. The third-order valence-corrected chi connectivity index (χ3v) is 6.13. The summed E-state index contributed by atoms with van der Waals surface area (Å²) in [5.41, 5.74) is 2.26. The molecule has 2 aromatic carbocycles. The Labute approximate surface area is 199 Å². The first-order valence-corrected chi connectivity index (χ1v) is 11.7. The molecule has 4 rings (SSSR count). The molecule has 2 aliphatic heterocycles. The van der Waals surface area contributed by atoms with E-state index in [2.05, 4.69) is 0 Å². The fourth-order valence-corrected chi connectivity index (χ4v) is 4.49. The van der Waals surface area contributed by atoms with Crippen molar-refractivity contribution in [2.24, 2.45) is 0 Å². The Morgan fingerprint density at radius 3 is 2.79 bits per heavy atom. The average Bonchev–Trinajstić information content (AvgIpc) is 3.10. The largest absolute Gasteiger partial charge is 0.507 e. The molecule has 2 aliphatic rings. The highest BCUT2D eigenvalue weighted by Crippen LogP contribution is 2.41. The number of nitrogens with zero attached hydrogens (tertiary/aromatic N) is 1. The molecule has 1 fully saturated rings. The summed E-state index contributed by atoms with van der Waals surface area (Å²) in [4.78, 5) is 27.8. The van der Waals surface area contributed by atoms with E-state index in [9.17, 15) is 14.7 Å². The van der Waals surface area contributed by atoms with Crippen molar-refractivity contribution in [2.45, 2.75) is 45.3 Å². The maximum Gasteiger partial charge on any atom is 0.295 e. The highest BCUT2D eigenvalue weighted by atomic mass is 16.5. The van der Waals surface area contributed by atoms with Gasteiger partial charge in [0.05, 0.1) is 31.4 Å². The fraction of sp³-hybridized carbons (Fsp3) is 0.407. The van der Waals surface area contributed by atoms with E-state index in [1.165, 1.54) is 4.90 Å². The zero-order valence-corrected chi connectivity index (χ0v) is 19.9. The molecule has 2 aromatic rings. The quantitative estimate of drug-likeness (QED) is 0.271. The van der Waals surface area contributed by atoms with Crippen molar-refractivity contribution in [3.8, 4) is 11.5 Å². The Bertz CT molecular complexity index is 1110. The number of carbonyl (C=O) groups is 2. The lowest BCUT2D eigenvalue weighted by atomic mass is 9.94. The van der Waals surface area contributed by atoms with E-state index in [-0.39, 0.29) is 17.4 Å². The van der Waals surface area contributed by atoms with Crippen LogP contribution in [0.2, 0.25) is 0 Å². The molecule has 0 spiro atoms. The maximum absolute atomic E-state index is 13.2. The molecular weight excluding hydrogens is 434 g/mol. The molecule has 0 bridgehead atoms. The van der Waals surface area contributed by atoms with Gasteiger partial charge in [-0.05, 0) is 74.6 Å². The van der Waals surface area contributed by atoms with Crippen molar-refractivity contribution in [1.82, 2.24) is 4.90 Å². The number of amides is 1. The molecule has 0 radical (unpaired) electrons. The van der Waals surface area contributed by atoms with Crippen LogP contribution in [0.15, 0.2) is 48.0 Å². The summed E-state index contributed by atoms with van der Waals surface area (Å²) in [5, 5.41) is 11.3. The number of ether oxygens (including phenoxy) is 3. The van der Waals surface area contributed by atoms with Crippen LogP contribution in [0.1, 0.15) is 49.4 Å². The first-order valence-electron chi connectivity index (χ1n) is 11.7. The van der Waals surface area contributed by atoms with Gasteiger partial charge in [0.15, 0.2) is 0 Å². The number of methoxy groups -OCH3 is 1. The average molecular weight is 466 g/mol. The molecule has 0 aliphatic carbocycles. The normalized spacial score (nSPS) is 19.3. The Hall–Kier alpha value is -3.32. The van der Waals surface area contributed by atoms with Crippen molar-refractivity contribution in [3.05, 3.63) is 64.7 Å². The standard InChI is InChI=1S/C27H31NO6/c1-17(2)33-14-6-12-28-24(19-7-4-9-21(16-19)32-3)23(26(30)27(28)31)25(29)20-10-11-22-18(15-20)8-5-13-34-22/h4,7,9-11,15-17,24,29H,5-6,8,12-14H2,1-3H3/b25-23-. The van der Waals surface area contributed by atoms with Crippen LogP contribution in [-0.4, -0.2) is 54.7 Å². The van der Waals surface area contributed by atoms with Gasteiger partial charge in [0.2, 0.25) is 0 Å². The van der Waals surface area contributed by atoms with Crippen molar-refractivity contribution in [1.29, 1.82) is 0 Å². The summed E-state index contributed by atoms with van der Waals surface area (Å²) in [6.45, 7) is 5.36. The lowest BCUT2D eigenvalue weighted by molar-refractivity contribution is -0.140. The molecule has 2 heterocycles. The van der Waals surface area contributed by atoms with E-state index in [1.54, 1.807) is 25.3 Å². The number of Topliss-reactive ketones (excluding diaryl/α,β-unsaturated/α-hetero) is 1. The minimum Gasteiger partial charge on any atom is -0.507 e. The van der Waals surface area contributed by atoms with Gasteiger partial charge in [-0.25, -0.2) is 0 Å². The summed E-state index contributed by atoms with van der Waals surface area (Å²) in [6.07, 6.45) is 2.38. The van der Waals surface area contributed by atoms with Gasteiger partial charge in [-0.3, -0.25) is 9.59 Å². The van der Waals surface area contributed by atoms with Crippen LogP contribution in [0.3, 0.4) is 0 Å². The number of aliphatic hydroxyl groups is 1. The van der Waals surface area contributed by atoms with Crippen LogP contribution < -0.4 is 9.47 Å². The SMILES string of the molecule is COc1cccc(C2/C(=C(/O)c3ccc4c(c3)CCCO4)C(=O)C(=O)N2CCCOC(C)C)c1. The van der Waals surface area contributed by atoms with Crippen LogP contribution in [0.25, 0.3) is 5.76 Å². The molecule has 7 nitrogen and oxygen atoms in total. The number of rotatable bonds is 8. The molecule has 34 heavy (non-hydrogen) atoms. The third kappa shape index (κ3) is 4.80. The number of benzene rings is 2. The van der Waals surface area contributed by atoms with Crippen molar-refractivity contribution >= 4 is 17.4 Å². The van der Waals surface area contributed by atoms with Gasteiger partial charge >= 0.3 is 0 Å². The first-order chi connectivity index (χ1) is 16.4. The summed E-state index contributed by atoms with van der Waals surface area (Å²) in [7, 11) is 1.56. The van der Waals surface area contributed by atoms with Crippen LogP contribution in [-0.2, 0) is 20.7 Å². The molecule has 1 amide bonds. The summed E-state index contributed by atoms with van der Waals surface area (Å²) < 4.78 is 16.7. The third-order valence-electron chi connectivity index (χ3n) is 6.13. The van der Waals surface area contributed by atoms with E-state index < -0.39 is 17.7 Å². The first kappa shape index (κ1) is 23.8. The summed E-state index contributed by atoms with van der Waals surface area (Å²) in [5.74, 6) is -0.0975. The van der Waals surface area contributed by atoms with E-state index >= 15 is 0 Å². The van der Waals surface area contributed by atoms with E-state index in [0.29, 0.717) is 43.1 Å². The second-order valence-corrected chi connectivity index (χ2v) is 8.82. The van der Waals surface area contributed by atoms with Gasteiger partial charge in [0.25, 0.3) is 11.7 Å². The second-order valence-electron chi connectivity index (χ2n) is 8.82. The maximum atomic E-state index is 13.2. The van der Waals surface area contributed by atoms with Gasteiger partial charge in [-0.2, -0.15) is 0 Å². The van der Waals surface area contributed by atoms with Crippen LogP contribution in [0, 0.1) is 0 Å². The highest BCUT2D eigenvalue weighted by Gasteiger charge is 2.46. The molecule has 7 heteroatoms. The van der Waals surface area contributed by atoms with Gasteiger partial charge in [-0.1, -0.05) is 12.1 Å². The Balaban J connectivity index is 1.75. The molecular formula is C27H31NO6. The molecule has 1 N–H and O–H groups in total. The number of likely N-dealkylation sites (tertiary alicyclic amines) is 1. The Morgan fingerprint density at radius 2 is 2.03 bits per heavy atom. The Morgan fingerprint density at radius 1 is 1.21 bits per heavy atom. The number of hydrogen-bond donors (Lipinski definition) is 1. The highest BCUT2D eigenvalue weighted by molar-refractivity contribution is 6.46. The zero-order chi connectivity index (χ0) is 24.2. The number of hydrogen-bond acceptors (Lipinski definition) is 6. The van der Waals surface area contributed by atoms with Gasteiger partial charge in [0.1, 0.15) is 17.3 Å². The topological polar surface area (TPSA) is 85.3 Å². The van der Waals surface area contributed by atoms with Gasteiger partial charge < -0.3 is 24.2 Å². The Kier molecular flexibility index (Phi) is 7.22. The smallest absolute Gasteiger partial charge is 0.295 e. The molecule has 1 unspecified atom stereocenters. The summed E-state index contributed by atoms with van der Waals surface area (Å²) >= 11 is 0. The molecule has 180 valence electrons. The molecule has 1 atom stereocenters. The molecule has 0 saturated carbocycles. The number of aryl methyl sites for hydroxylation is 1. The predicted octanol–water partition coefficient (Wildman–Crippen LogP) is 4.26. The van der Waals surface area contributed by atoms with Crippen LogP contribution >= 0.6 is 0 Å². The van der Waals surface area contributed by atoms with Crippen molar-refractivity contribution in [3.63, 3.8) is 0 Å². The minimum absolute atomic E-state index is 0.0811. The lowest BCUT2D eigenvalue weighted by Crippen LogP contribution is -2.31. The van der Waals surface area contributed by atoms with Crippen LogP contribution in [0.4, 0.5) is 0 Å². The van der Waals surface area contributed by atoms with E-state index in [1.807, 2.05) is 38.1 Å². The minimum atomic E-state index is -0.721. The predicted molar refractivity (Wildman–Crippen MR) is 128 cm³/mol. The van der Waals surface area contributed by atoms with E-state index in [0.717, 1.165) is 24.2 Å². The number of ketones is 1. The van der Waals surface area contributed by atoms with Crippen LogP contribution in [0.5, 0.6) is 11.5 Å². The molecule has 1 saturated heterocycles. The van der Waals surface area contributed by atoms with Crippen molar-refractivity contribution in [2.75, 3.05) is 26.9 Å². The zero-order valence-electron chi connectivity index (χ0n) is 19.9. The van der Waals surface area contributed by atoms with Gasteiger partial charge in [0, 0.05) is 18.7 Å². The number of carbonyl (C=O) groups excluding carboxylic acids is 2. The van der Waals surface area contributed by atoms with Crippen molar-refractivity contribution < 1.29 is 28.9 Å². The summed E-state index contributed by atoms with van der Waals surface area (Å²) in [6, 6.07) is 11.9. The van der Waals surface area contributed by atoms with E-state index in [4.69, 9.17) is 14.2 Å². The monoisotopic (exact) mass is 465 g/mol. The second kappa shape index (κ2) is 10.3. The van der Waals surface area contributed by atoms with Gasteiger partial charge in [-0.15, -0.1) is 0 Å². The number of fused-ring (bicyclic) bond motifs is 1. The lowest BCUT2D eigenvalue weighted by Gasteiger charge is -2.26. The molecule has 0 aromatic heterocycles.